The van der Waals surface area contributed by atoms with Crippen LogP contribution in [-0.2, 0) is 0 Å². The van der Waals surface area contributed by atoms with Gasteiger partial charge >= 0.3 is 12.1 Å². The molecule has 8 heteroatoms. The van der Waals surface area contributed by atoms with Crippen molar-refractivity contribution in [1.29, 1.82) is 0 Å². The summed E-state index contributed by atoms with van der Waals surface area (Å²) in [5.41, 5.74) is -0.338. The van der Waals surface area contributed by atoms with Gasteiger partial charge in [0, 0.05) is 13.1 Å². The van der Waals surface area contributed by atoms with E-state index in [1.807, 2.05) is 0 Å². The minimum absolute atomic E-state index is 0.0134. The number of pyridine rings is 1. The second-order valence-electron chi connectivity index (χ2n) is 4.63. The first kappa shape index (κ1) is 14.5. The van der Waals surface area contributed by atoms with Crippen LogP contribution in [0.5, 0.6) is 0 Å². The average molecular weight is 292 g/mol. The molecule has 1 aliphatic rings. The van der Waals surface area contributed by atoms with Gasteiger partial charge in [-0.15, -0.1) is 0 Å². The molecule has 0 bridgehead atoms. The number of piperidine rings is 1. The van der Waals surface area contributed by atoms with E-state index < -0.39 is 23.9 Å². The molecule has 0 amide bonds. The number of alkyl halides is 3. The Bertz CT molecular complexity index is 511. The van der Waals surface area contributed by atoms with E-state index in [4.69, 9.17) is 5.11 Å². The lowest BCUT2D eigenvalue weighted by atomic mass is 9.96. The van der Waals surface area contributed by atoms with Gasteiger partial charge in [-0.3, -0.25) is 0 Å². The second-order valence-corrected chi connectivity index (χ2v) is 4.63. The first-order chi connectivity index (χ1) is 9.29. The Hall–Kier alpha value is -1.86. The number of halogens is 4. The molecule has 1 aromatic heterocycles. The topological polar surface area (TPSA) is 53.4 Å². The van der Waals surface area contributed by atoms with Gasteiger partial charge < -0.3 is 10.0 Å². The molecule has 0 unspecified atom stereocenters. The summed E-state index contributed by atoms with van der Waals surface area (Å²) in [5, 5.41) is 8.99. The average Bonchev–Trinajstić information content (AvgIpc) is 2.37. The van der Waals surface area contributed by atoms with Crippen LogP contribution >= 0.6 is 0 Å². The largest absolute Gasteiger partial charge is 0.478 e. The third-order valence-corrected chi connectivity index (χ3v) is 3.32. The summed E-state index contributed by atoms with van der Waals surface area (Å²) < 4.78 is 50.7. The smallest absolute Gasteiger partial charge is 0.391 e. The number of carboxylic acid groups (broad SMARTS) is 1. The monoisotopic (exact) mass is 292 g/mol. The molecule has 0 radical (unpaired) electrons. The van der Waals surface area contributed by atoms with Gasteiger partial charge in [-0.25, -0.2) is 14.2 Å². The van der Waals surface area contributed by atoms with Gasteiger partial charge in [0.2, 0.25) is 0 Å². The van der Waals surface area contributed by atoms with Gasteiger partial charge in [0.15, 0.2) is 0 Å². The third kappa shape index (κ3) is 3.00. The maximum absolute atomic E-state index is 13.0. The van der Waals surface area contributed by atoms with Crippen molar-refractivity contribution in [3.8, 4) is 0 Å². The van der Waals surface area contributed by atoms with Crippen LogP contribution in [0, 0.1) is 11.7 Å². The minimum Gasteiger partial charge on any atom is -0.478 e. The van der Waals surface area contributed by atoms with Gasteiger partial charge in [0.1, 0.15) is 17.2 Å². The molecule has 0 aromatic carbocycles. The van der Waals surface area contributed by atoms with Gasteiger partial charge in [0.05, 0.1) is 12.1 Å². The van der Waals surface area contributed by atoms with Crippen molar-refractivity contribution < 1.29 is 27.5 Å². The fourth-order valence-electron chi connectivity index (χ4n) is 2.26. The van der Waals surface area contributed by atoms with Crippen molar-refractivity contribution >= 4 is 11.8 Å². The molecule has 110 valence electrons. The first-order valence-corrected chi connectivity index (χ1v) is 5.99. The molecule has 1 saturated heterocycles. The number of anilines is 1. The highest BCUT2D eigenvalue weighted by molar-refractivity contribution is 5.93. The minimum atomic E-state index is -4.24. The molecule has 20 heavy (non-hydrogen) atoms. The van der Waals surface area contributed by atoms with Crippen LogP contribution in [0.3, 0.4) is 0 Å². The molecule has 2 heterocycles. The number of hydrogen-bond donors (Lipinski definition) is 1. The molecule has 0 aliphatic carbocycles. The summed E-state index contributed by atoms with van der Waals surface area (Å²) in [6, 6.07) is 0.820. The molecule has 0 saturated carbocycles. The van der Waals surface area contributed by atoms with Crippen LogP contribution in [0.25, 0.3) is 0 Å². The lowest BCUT2D eigenvalue weighted by Crippen LogP contribution is -2.40. The zero-order chi connectivity index (χ0) is 14.9. The SMILES string of the molecule is O=C(O)c1cc(F)cnc1N1CCC(C(F)(F)F)CC1. The van der Waals surface area contributed by atoms with Crippen LogP contribution in [-0.4, -0.2) is 35.3 Å². The Morgan fingerprint density at radius 2 is 1.95 bits per heavy atom. The fraction of sp³-hybridized carbons (Fsp3) is 0.500. The Labute approximate surface area is 112 Å². The molecular formula is C12H12F4N2O2. The number of aromatic carboxylic acids is 1. The van der Waals surface area contributed by atoms with E-state index >= 15 is 0 Å². The van der Waals surface area contributed by atoms with E-state index in [0.29, 0.717) is 0 Å². The number of carboxylic acids is 1. The Morgan fingerprint density at radius 1 is 1.35 bits per heavy atom. The van der Waals surface area contributed by atoms with E-state index in [9.17, 15) is 22.4 Å². The van der Waals surface area contributed by atoms with Crippen molar-refractivity contribution in [2.75, 3.05) is 18.0 Å². The van der Waals surface area contributed by atoms with E-state index in [1.54, 1.807) is 0 Å². The van der Waals surface area contributed by atoms with Crippen molar-refractivity contribution in [2.45, 2.75) is 19.0 Å². The predicted molar refractivity (Wildman–Crippen MR) is 62.1 cm³/mol. The maximum Gasteiger partial charge on any atom is 0.391 e. The zero-order valence-electron chi connectivity index (χ0n) is 10.3. The van der Waals surface area contributed by atoms with E-state index in [0.717, 1.165) is 12.3 Å². The van der Waals surface area contributed by atoms with Gasteiger partial charge in [-0.2, -0.15) is 13.2 Å². The van der Waals surface area contributed by atoms with E-state index in [2.05, 4.69) is 4.98 Å². The first-order valence-electron chi connectivity index (χ1n) is 5.99. The van der Waals surface area contributed by atoms with Crippen molar-refractivity contribution in [3.05, 3.63) is 23.6 Å². The molecule has 1 fully saturated rings. The van der Waals surface area contributed by atoms with Gasteiger partial charge in [-0.1, -0.05) is 0 Å². The maximum atomic E-state index is 13.0. The van der Waals surface area contributed by atoms with Gasteiger partial charge in [0.25, 0.3) is 0 Å². The highest BCUT2D eigenvalue weighted by Gasteiger charge is 2.41. The normalized spacial score (nSPS) is 17.3. The summed E-state index contributed by atoms with van der Waals surface area (Å²) in [6.07, 6.45) is -3.63. The lowest BCUT2D eigenvalue weighted by Gasteiger charge is -2.34. The number of aromatic nitrogens is 1. The summed E-state index contributed by atoms with van der Waals surface area (Å²) in [5.74, 6) is -3.52. The number of hydrogen-bond acceptors (Lipinski definition) is 3. The summed E-state index contributed by atoms with van der Waals surface area (Å²) in [4.78, 5) is 16.2. The predicted octanol–water partition coefficient (Wildman–Crippen LogP) is 2.70. The van der Waals surface area contributed by atoms with Gasteiger partial charge in [-0.05, 0) is 18.9 Å². The second kappa shape index (κ2) is 5.26. The molecule has 2 rings (SSSR count). The fourth-order valence-corrected chi connectivity index (χ4v) is 2.26. The summed E-state index contributed by atoms with van der Waals surface area (Å²) in [6.45, 7) is 0.0895. The van der Waals surface area contributed by atoms with Crippen LogP contribution in [0.2, 0.25) is 0 Å². The molecule has 1 N–H and O–H groups in total. The Morgan fingerprint density at radius 3 is 2.45 bits per heavy atom. The number of nitrogens with zero attached hydrogens (tertiary/aromatic N) is 2. The van der Waals surface area contributed by atoms with E-state index in [1.165, 1.54) is 4.90 Å². The van der Waals surface area contributed by atoms with Crippen molar-refractivity contribution in [1.82, 2.24) is 4.98 Å². The summed E-state index contributed by atoms with van der Waals surface area (Å²) >= 11 is 0. The molecule has 0 atom stereocenters. The Balaban J connectivity index is 2.17. The number of rotatable bonds is 2. The van der Waals surface area contributed by atoms with Crippen molar-refractivity contribution in [2.24, 2.45) is 5.92 Å². The molecule has 1 aliphatic heterocycles. The molecule has 0 spiro atoms. The molecule has 1 aromatic rings. The Kier molecular flexibility index (Phi) is 3.82. The van der Waals surface area contributed by atoms with E-state index in [-0.39, 0.29) is 37.3 Å². The lowest BCUT2D eigenvalue weighted by molar-refractivity contribution is -0.179. The van der Waals surface area contributed by atoms with Crippen LogP contribution in [0.1, 0.15) is 23.2 Å². The van der Waals surface area contributed by atoms with Crippen LogP contribution in [0.15, 0.2) is 12.3 Å². The standard InChI is InChI=1S/C12H12F4N2O2/c13-8-5-9(11(19)20)10(17-6-8)18-3-1-7(2-4-18)12(14,15)16/h5-7H,1-4H2,(H,19,20). The number of carbonyl (C=O) groups is 1. The zero-order valence-corrected chi connectivity index (χ0v) is 10.3. The molecular weight excluding hydrogens is 280 g/mol. The third-order valence-electron chi connectivity index (χ3n) is 3.32. The van der Waals surface area contributed by atoms with Crippen LogP contribution < -0.4 is 4.90 Å². The molecule has 4 nitrogen and oxygen atoms in total. The highest BCUT2D eigenvalue weighted by Crippen LogP contribution is 2.35. The van der Waals surface area contributed by atoms with Crippen molar-refractivity contribution in [3.63, 3.8) is 0 Å². The quantitative estimate of drug-likeness (QED) is 0.852. The summed E-state index contributed by atoms with van der Waals surface area (Å²) in [7, 11) is 0. The van der Waals surface area contributed by atoms with Crippen LogP contribution in [0.4, 0.5) is 23.4 Å². The highest BCUT2D eigenvalue weighted by atomic mass is 19.4.